The van der Waals surface area contributed by atoms with Crippen molar-refractivity contribution in [2.24, 2.45) is 16.8 Å². The van der Waals surface area contributed by atoms with E-state index in [1.165, 1.54) is 35.6 Å². The lowest BCUT2D eigenvalue weighted by Gasteiger charge is -2.14. The molecule has 1 heterocycles. The Bertz CT molecular complexity index is 626. The van der Waals surface area contributed by atoms with E-state index in [4.69, 9.17) is 10.9 Å². The van der Waals surface area contributed by atoms with Crippen LogP contribution in [-0.2, 0) is 11.2 Å². The first-order valence-electron chi connectivity index (χ1n) is 6.16. The Kier molecular flexibility index (Phi) is 4.89. The van der Waals surface area contributed by atoms with Gasteiger partial charge < -0.3 is 16.3 Å². The third kappa shape index (κ3) is 4.03. The molecule has 0 bridgehead atoms. The number of benzene rings is 1. The van der Waals surface area contributed by atoms with Crippen LogP contribution in [0.5, 0.6) is 0 Å². The Hall–Kier alpha value is -2.41. The van der Waals surface area contributed by atoms with Gasteiger partial charge in [-0.3, -0.25) is 4.79 Å². The van der Waals surface area contributed by atoms with Crippen LogP contribution in [0, 0.1) is 11.7 Å². The number of anilines is 1. The van der Waals surface area contributed by atoms with Crippen molar-refractivity contribution in [1.29, 1.82) is 0 Å². The highest BCUT2D eigenvalue weighted by atomic mass is 32.1. The van der Waals surface area contributed by atoms with E-state index in [-0.39, 0.29) is 11.7 Å². The molecule has 0 radical (unpaired) electrons. The number of nitrogens with two attached hydrogens (primary N) is 1. The first-order valence-corrected chi connectivity index (χ1v) is 7.04. The molecule has 110 valence electrons. The average molecular weight is 307 g/mol. The molecule has 2 aromatic rings. The van der Waals surface area contributed by atoms with Gasteiger partial charge in [0.2, 0.25) is 5.91 Å². The maximum Gasteiger partial charge on any atom is 0.235 e. The van der Waals surface area contributed by atoms with Crippen LogP contribution in [0.25, 0.3) is 0 Å². The maximum atomic E-state index is 12.8. The minimum absolute atomic E-state index is 0.164. The number of hydrogen-bond donors (Lipinski definition) is 3. The summed E-state index contributed by atoms with van der Waals surface area (Å²) in [5.74, 6) is -1.76. The molecule has 1 aromatic carbocycles. The zero-order chi connectivity index (χ0) is 15.2. The number of thiophene rings is 1. The van der Waals surface area contributed by atoms with Gasteiger partial charge in [0.05, 0.1) is 0 Å². The summed E-state index contributed by atoms with van der Waals surface area (Å²) in [6.45, 7) is 0. The predicted molar refractivity (Wildman–Crippen MR) is 80.0 cm³/mol. The van der Waals surface area contributed by atoms with Crippen molar-refractivity contribution in [3.8, 4) is 0 Å². The topological polar surface area (TPSA) is 87.7 Å². The SMILES string of the molecule is NC(=NO)C(Cc1cccs1)C(=O)Nc1ccc(F)cc1. The second kappa shape index (κ2) is 6.85. The van der Waals surface area contributed by atoms with Gasteiger partial charge >= 0.3 is 0 Å². The number of nitrogens with one attached hydrogen (secondary N) is 1. The zero-order valence-corrected chi connectivity index (χ0v) is 11.8. The van der Waals surface area contributed by atoms with Crippen molar-refractivity contribution in [3.05, 3.63) is 52.5 Å². The van der Waals surface area contributed by atoms with Gasteiger partial charge in [0.15, 0.2) is 5.84 Å². The molecule has 1 atom stereocenters. The number of rotatable bonds is 5. The predicted octanol–water partition coefficient (Wildman–Crippen LogP) is 2.43. The van der Waals surface area contributed by atoms with Crippen LogP contribution in [0.3, 0.4) is 0 Å². The lowest BCUT2D eigenvalue weighted by Crippen LogP contribution is -2.36. The highest BCUT2D eigenvalue weighted by molar-refractivity contribution is 7.09. The first-order chi connectivity index (χ1) is 10.1. The standard InChI is InChI=1S/C14H14FN3O2S/c15-9-3-5-10(6-4-9)17-14(19)12(13(16)18-20)8-11-2-1-7-21-11/h1-7,12,20H,8H2,(H2,16,18)(H,17,19). The number of carbonyl (C=O) groups excluding carboxylic acids is 1. The molecule has 1 unspecified atom stereocenters. The molecule has 0 saturated carbocycles. The summed E-state index contributed by atoms with van der Waals surface area (Å²) in [6.07, 6.45) is 0.334. The minimum Gasteiger partial charge on any atom is -0.409 e. The highest BCUT2D eigenvalue weighted by Gasteiger charge is 2.24. The molecule has 2 rings (SSSR count). The summed E-state index contributed by atoms with van der Waals surface area (Å²) in [7, 11) is 0. The second-order valence-electron chi connectivity index (χ2n) is 4.36. The molecule has 7 heteroatoms. The first kappa shape index (κ1) is 15.0. The Labute approximate surface area is 124 Å². The van der Waals surface area contributed by atoms with Crippen LogP contribution in [0.15, 0.2) is 46.9 Å². The second-order valence-corrected chi connectivity index (χ2v) is 5.39. The molecule has 0 fully saturated rings. The Morgan fingerprint density at radius 3 is 2.67 bits per heavy atom. The van der Waals surface area contributed by atoms with Crippen molar-refractivity contribution in [2.45, 2.75) is 6.42 Å². The van der Waals surface area contributed by atoms with E-state index >= 15 is 0 Å². The van der Waals surface area contributed by atoms with E-state index in [2.05, 4.69) is 10.5 Å². The molecule has 0 spiro atoms. The van der Waals surface area contributed by atoms with Crippen LogP contribution in [0.4, 0.5) is 10.1 Å². The largest absolute Gasteiger partial charge is 0.409 e. The van der Waals surface area contributed by atoms with Crippen molar-refractivity contribution in [1.82, 2.24) is 0 Å². The maximum absolute atomic E-state index is 12.8. The van der Waals surface area contributed by atoms with Gasteiger partial charge in [-0.1, -0.05) is 11.2 Å². The fraction of sp³-hybridized carbons (Fsp3) is 0.143. The molecule has 21 heavy (non-hydrogen) atoms. The number of nitrogens with zero attached hydrogens (tertiary/aromatic N) is 1. The van der Waals surface area contributed by atoms with Gasteiger partial charge in [-0.15, -0.1) is 11.3 Å². The average Bonchev–Trinajstić information content (AvgIpc) is 2.99. The molecule has 4 N–H and O–H groups in total. The number of amides is 1. The molecular weight excluding hydrogens is 293 g/mol. The Morgan fingerprint density at radius 2 is 2.10 bits per heavy atom. The van der Waals surface area contributed by atoms with Gasteiger partial charge in [-0.2, -0.15) is 0 Å². The third-order valence-electron chi connectivity index (χ3n) is 2.89. The van der Waals surface area contributed by atoms with Gasteiger partial charge in [0.25, 0.3) is 0 Å². The fourth-order valence-corrected chi connectivity index (χ4v) is 2.55. The molecule has 0 aliphatic rings. The summed E-state index contributed by atoms with van der Waals surface area (Å²) in [4.78, 5) is 13.2. The third-order valence-corrected chi connectivity index (χ3v) is 3.78. The summed E-state index contributed by atoms with van der Waals surface area (Å²) in [6, 6.07) is 9.11. The molecule has 0 aliphatic carbocycles. The van der Waals surface area contributed by atoms with Crippen molar-refractivity contribution in [3.63, 3.8) is 0 Å². The summed E-state index contributed by atoms with van der Waals surface area (Å²) >= 11 is 1.48. The van der Waals surface area contributed by atoms with Gasteiger partial charge in [-0.25, -0.2) is 4.39 Å². The summed E-state index contributed by atoms with van der Waals surface area (Å²) < 4.78 is 12.8. The van der Waals surface area contributed by atoms with Crippen LogP contribution < -0.4 is 11.1 Å². The van der Waals surface area contributed by atoms with Gasteiger partial charge in [0, 0.05) is 17.0 Å². The molecular formula is C14H14FN3O2S. The van der Waals surface area contributed by atoms with E-state index in [0.29, 0.717) is 12.1 Å². The van der Waals surface area contributed by atoms with E-state index in [9.17, 15) is 9.18 Å². The Morgan fingerprint density at radius 1 is 1.38 bits per heavy atom. The molecule has 0 aliphatic heterocycles. The molecule has 5 nitrogen and oxygen atoms in total. The summed E-state index contributed by atoms with van der Waals surface area (Å²) in [5, 5.41) is 16.3. The molecule has 0 saturated heterocycles. The number of oxime groups is 1. The van der Waals surface area contributed by atoms with E-state index < -0.39 is 11.8 Å². The smallest absolute Gasteiger partial charge is 0.235 e. The van der Waals surface area contributed by atoms with Crippen LogP contribution in [0.1, 0.15) is 4.88 Å². The van der Waals surface area contributed by atoms with Gasteiger partial charge in [-0.05, 0) is 35.7 Å². The number of amidine groups is 1. The molecule has 1 amide bonds. The minimum atomic E-state index is -0.793. The monoisotopic (exact) mass is 307 g/mol. The van der Waals surface area contributed by atoms with E-state index in [0.717, 1.165) is 4.88 Å². The van der Waals surface area contributed by atoms with Crippen LogP contribution in [0.2, 0.25) is 0 Å². The number of halogens is 1. The summed E-state index contributed by atoms with van der Waals surface area (Å²) in [5.41, 5.74) is 6.04. The molecule has 1 aromatic heterocycles. The Balaban J connectivity index is 2.12. The lowest BCUT2D eigenvalue weighted by molar-refractivity contribution is -0.118. The van der Waals surface area contributed by atoms with Crippen LogP contribution in [-0.4, -0.2) is 17.0 Å². The lowest BCUT2D eigenvalue weighted by atomic mass is 10.0. The van der Waals surface area contributed by atoms with Crippen molar-refractivity contribution in [2.75, 3.05) is 5.32 Å². The normalized spacial score (nSPS) is 12.9. The van der Waals surface area contributed by atoms with Crippen molar-refractivity contribution >= 4 is 28.8 Å². The van der Waals surface area contributed by atoms with Crippen molar-refractivity contribution < 1.29 is 14.4 Å². The van der Waals surface area contributed by atoms with Crippen LogP contribution >= 0.6 is 11.3 Å². The quantitative estimate of drug-likeness (QED) is 0.343. The highest BCUT2D eigenvalue weighted by Crippen LogP contribution is 2.17. The fourth-order valence-electron chi connectivity index (χ4n) is 1.79. The number of carbonyl (C=O) groups is 1. The zero-order valence-electron chi connectivity index (χ0n) is 11.0. The van der Waals surface area contributed by atoms with E-state index in [1.807, 2.05) is 17.5 Å². The van der Waals surface area contributed by atoms with Gasteiger partial charge in [0.1, 0.15) is 11.7 Å². The number of hydrogen-bond acceptors (Lipinski definition) is 4. The van der Waals surface area contributed by atoms with E-state index in [1.54, 1.807) is 0 Å².